The van der Waals surface area contributed by atoms with Crippen LogP contribution < -0.4 is 5.32 Å². The number of piperazine rings is 1. The van der Waals surface area contributed by atoms with Gasteiger partial charge in [0.1, 0.15) is 0 Å². The molecule has 2 heterocycles. The van der Waals surface area contributed by atoms with Crippen molar-refractivity contribution in [1.82, 2.24) is 15.1 Å². The number of benzene rings is 1. The molecule has 1 aromatic rings. The Morgan fingerprint density at radius 3 is 2.55 bits per heavy atom. The molecule has 1 atom stereocenters. The molecule has 1 amide bonds. The minimum absolute atomic E-state index is 0.180. The Balaban J connectivity index is 1.61. The van der Waals surface area contributed by atoms with E-state index in [-0.39, 0.29) is 5.91 Å². The van der Waals surface area contributed by atoms with Crippen LogP contribution in [-0.2, 0) is 0 Å². The van der Waals surface area contributed by atoms with Crippen molar-refractivity contribution in [2.75, 3.05) is 39.3 Å². The van der Waals surface area contributed by atoms with E-state index in [1.165, 1.54) is 3.57 Å². The van der Waals surface area contributed by atoms with Crippen LogP contribution in [0.25, 0.3) is 0 Å². The van der Waals surface area contributed by atoms with Crippen molar-refractivity contribution in [2.24, 2.45) is 0 Å². The maximum absolute atomic E-state index is 12.5. The van der Waals surface area contributed by atoms with E-state index in [9.17, 15) is 4.79 Å². The van der Waals surface area contributed by atoms with E-state index in [4.69, 9.17) is 0 Å². The van der Waals surface area contributed by atoms with E-state index in [2.05, 4.69) is 32.8 Å². The largest absolute Gasteiger partial charge is 0.337 e. The standard InChI is InChI=1S/C15H20IN3O/c16-13-3-1-12(2-4-13)15(20)19-8-5-14(11-19)18-9-6-17-7-10-18/h1-4,14,17H,5-11H2. The molecule has 0 saturated carbocycles. The quantitative estimate of drug-likeness (QED) is 0.783. The predicted molar refractivity (Wildman–Crippen MR) is 87.9 cm³/mol. The van der Waals surface area contributed by atoms with Gasteiger partial charge in [-0.2, -0.15) is 0 Å². The lowest BCUT2D eigenvalue weighted by molar-refractivity contribution is 0.0773. The predicted octanol–water partition coefficient (Wildman–Crippen LogP) is 1.41. The first kappa shape index (κ1) is 14.3. The van der Waals surface area contributed by atoms with Gasteiger partial charge < -0.3 is 10.2 Å². The van der Waals surface area contributed by atoms with Crippen molar-refractivity contribution >= 4 is 28.5 Å². The SMILES string of the molecule is O=C(c1ccc(I)cc1)N1CCC(N2CCNCC2)C1. The fourth-order valence-corrected chi connectivity index (χ4v) is 3.41. The zero-order chi connectivity index (χ0) is 13.9. The number of likely N-dealkylation sites (tertiary alicyclic amines) is 1. The zero-order valence-electron chi connectivity index (χ0n) is 11.5. The monoisotopic (exact) mass is 385 g/mol. The fraction of sp³-hybridized carbons (Fsp3) is 0.533. The number of nitrogens with zero attached hydrogens (tertiary/aromatic N) is 2. The smallest absolute Gasteiger partial charge is 0.253 e. The molecule has 1 N–H and O–H groups in total. The Bertz CT molecular complexity index is 471. The molecular formula is C15H20IN3O. The molecule has 1 aromatic carbocycles. The van der Waals surface area contributed by atoms with Gasteiger partial charge in [0.05, 0.1) is 0 Å². The van der Waals surface area contributed by atoms with Crippen molar-refractivity contribution in [3.63, 3.8) is 0 Å². The van der Waals surface area contributed by atoms with Crippen LogP contribution in [-0.4, -0.2) is 61.0 Å². The van der Waals surface area contributed by atoms with Gasteiger partial charge in [-0.25, -0.2) is 0 Å². The summed E-state index contributed by atoms with van der Waals surface area (Å²) in [6.45, 7) is 6.12. The molecule has 0 aliphatic carbocycles. The van der Waals surface area contributed by atoms with E-state index < -0.39 is 0 Å². The van der Waals surface area contributed by atoms with Crippen molar-refractivity contribution < 1.29 is 4.79 Å². The highest BCUT2D eigenvalue weighted by Gasteiger charge is 2.31. The maximum Gasteiger partial charge on any atom is 0.253 e. The van der Waals surface area contributed by atoms with Crippen molar-refractivity contribution in [2.45, 2.75) is 12.5 Å². The summed E-state index contributed by atoms with van der Waals surface area (Å²) in [5, 5.41) is 3.38. The third-order valence-corrected chi connectivity index (χ3v) is 4.93. The number of halogens is 1. The Morgan fingerprint density at radius 2 is 1.85 bits per heavy atom. The Hall–Kier alpha value is -0.660. The molecule has 0 aromatic heterocycles. The third-order valence-electron chi connectivity index (χ3n) is 4.21. The molecule has 2 fully saturated rings. The minimum Gasteiger partial charge on any atom is -0.337 e. The van der Waals surface area contributed by atoms with Crippen LogP contribution in [0.2, 0.25) is 0 Å². The van der Waals surface area contributed by atoms with Gasteiger partial charge in [-0.15, -0.1) is 0 Å². The van der Waals surface area contributed by atoms with Gasteiger partial charge in [0, 0.05) is 54.4 Å². The highest BCUT2D eigenvalue weighted by Crippen LogP contribution is 2.19. The van der Waals surface area contributed by atoms with Gasteiger partial charge in [0.2, 0.25) is 0 Å². The van der Waals surface area contributed by atoms with Gasteiger partial charge in [0.25, 0.3) is 5.91 Å². The highest BCUT2D eigenvalue weighted by atomic mass is 127. The summed E-state index contributed by atoms with van der Waals surface area (Å²) in [6.07, 6.45) is 1.11. The number of hydrogen-bond acceptors (Lipinski definition) is 3. The third kappa shape index (κ3) is 3.15. The molecule has 0 spiro atoms. The first-order valence-electron chi connectivity index (χ1n) is 7.23. The Kier molecular flexibility index (Phi) is 4.58. The number of hydrogen-bond donors (Lipinski definition) is 1. The van der Waals surface area contributed by atoms with Crippen molar-refractivity contribution in [1.29, 1.82) is 0 Å². The number of nitrogens with one attached hydrogen (secondary N) is 1. The van der Waals surface area contributed by atoms with Crippen LogP contribution in [0.5, 0.6) is 0 Å². The second-order valence-corrected chi connectivity index (χ2v) is 6.73. The summed E-state index contributed by atoms with van der Waals surface area (Å²) in [5.41, 5.74) is 0.811. The number of rotatable bonds is 2. The number of carbonyl (C=O) groups excluding carboxylic acids is 1. The van der Waals surface area contributed by atoms with Crippen molar-refractivity contribution in [3.05, 3.63) is 33.4 Å². The van der Waals surface area contributed by atoms with Crippen LogP contribution in [0, 0.1) is 3.57 Å². The molecule has 4 nitrogen and oxygen atoms in total. The summed E-state index contributed by atoms with van der Waals surface area (Å²) in [5.74, 6) is 0.180. The molecule has 2 saturated heterocycles. The normalized spacial score (nSPS) is 24.1. The summed E-state index contributed by atoms with van der Waals surface area (Å²) in [4.78, 5) is 17.0. The maximum atomic E-state index is 12.5. The highest BCUT2D eigenvalue weighted by molar-refractivity contribution is 14.1. The topological polar surface area (TPSA) is 35.6 Å². The van der Waals surface area contributed by atoms with E-state index in [0.717, 1.165) is 51.3 Å². The molecule has 0 radical (unpaired) electrons. The lowest BCUT2D eigenvalue weighted by Gasteiger charge is -2.32. The van der Waals surface area contributed by atoms with Crippen molar-refractivity contribution in [3.8, 4) is 0 Å². The second kappa shape index (κ2) is 6.41. The zero-order valence-corrected chi connectivity index (χ0v) is 13.7. The van der Waals surface area contributed by atoms with Crippen LogP contribution in [0.15, 0.2) is 24.3 Å². The number of amides is 1. The van der Waals surface area contributed by atoms with Gasteiger partial charge in [-0.1, -0.05) is 0 Å². The van der Waals surface area contributed by atoms with Gasteiger partial charge >= 0.3 is 0 Å². The summed E-state index contributed by atoms with van der Waals surface area (Å²) < 4.78 is 1.17. The lowest BCUT2D eigenvalue weighted by Crippen LogP contribution is -2.49. The minimum atomic E-state index is 0.180. The van der Waals surface area contributed by atoms with Gasteiger partial charge in [-0.05, 0) is 53.3 Å². The van der Waals surface area contributed by atoms with Gasteiger partial charge in [0.15, 0.2) is 0 Å². The summed E-state index contributed by atoms with van der Waals surface area (Å²) in [6, 6.07) is 8.41. The second-order valence-electron chi connectivity index (χ2n) is 5.49. The molecular weight excluding hydrogens is 365 g/mol. The number of carbonyl (C=O) groups is 1. The fourth-order valence-electron chi connectivity index (χ4n) is 3.05. The summed E-state index contributed by atoms with van der Waals surface area (Å²) in [7, 11) is 0. The van der Waals surface area contributed by atoms with Crippen LogP contribution >= 0.6 is 22.6 Å². The van der Waals surface area contributed by atoms with Crippen LogP contribution in [0.1, 0.15) is 16.8 Å². The molecule has 5 heteroatoms. The van der Waals surface area contributed by atoms with E-state index in [0.29, 0.717) is 6.04 Å². The van der Waals surface area contributed by atoms with E-state index >= 15 is 0 Å². The molecule has 2 aliphatic rings. The molecule has 1 unspecified atom stereocenters. The Morgan fingerprint density at radius 1 is 1.15 bits per heavy atom. The summed E-state index contributed by atoms with van der Waals surface area (Å²) >= 11 is 2.26. The first-order valence-corrected chi connectivity index (χ1v) is 8.31. The lowest BCUT2D eigenvalue weighted by atomic mass is 10.2. The van der Waals surface area contributed by atoms with E-state index in [1.54, 1.807) is 0 Å². The van der Waals surface area contributed by atoms with Crippen LogP contribution in [0.4, 0.5) is 0 Å². The molecule has 2 aliphatic heterocycles. The molecule has 20 heavy (non-hydrogen) atoms. The average molecular weight is 385 g/mol. The van der Waals surface area contributed by atoms with Crippen LogP contribution in [0.3, 0.4) is 0 Å². The van der Waals surface area contributed by atoms with Gasteiger partial charge in [-0.3, -0.25) is 9.69 Å². The Labute approximate surface area is 133 Å². The molecule has 108 valence electrons. The molecule has 3 rings (SSSR count). The average Bonchev–Trinajstić information content (AvgIpc) is 2.98. The van der Waals surface area contributed by atoms with E-state index in [1.807, 2.05) is 29.2 Å². The molecule has 0 bridgehead atoms. The first-order chi connectivity index (χ1) is 9.74.